The molecular weight excluding hydrogens is 241 g/mol. The minimum absolute atomic E-state index is 0.223. The molecule has 0 bridgehead atoms. The molecule has 0 aliphatic heterocycles. The zero-order valence-electron chi connectivity index (χ0n) is 10.2. The lowest BCUT2D eigenvalue weighted by Gasteiger charge is -2.16. The van der Waals surface area contributed by atoms with Crippen LogP contribution in [0.3, 0.4) is 0 Å². The second kappa shape index (κ2) is 6.74. The van der Waals surface area contributed by atoms with Gasteiger partial charge >= 0.3 is 7.60 Å². The first-order valence-corrected chi connectivity index (χ1v) is 7.39. The molecule has 0 aliphatic rings. The van der Waals surface area contributed by atoms with E-state index in [0.717, 1.165) is 4.73 Å². The van der Waals surface area contributed by atoms with Crippen LogP contribution in [0.1, 0.15) is 19.5 Å². The fourth-order valence-electron chi connectivity index (χ4n) is 1.47. The highest BCUT2D eigenvalue weighted by molar-refractivity contribution is 7.53. The minimum Gasteiger partial charge on any atom is -0.619 e. The molecule has 0 amide bonds. The topological polar surface area (TPSA) is 62.5 Å². The summed E-state index contributed by atoms with van der Waals surface area (Å²) in [5.74, 6) is 0. The van der Waals surface area contributed by atoms with Crippen LogP contribution in [0.25, 0.3) is 0 Å². The summed E-state index contributed by atoms with van der Waals surface area (Å²) in [5.41, 5.74) is 0.562. The lowest BCUT2D eigenvalue weighted by molar-refractivity contribution is -0.613. The van der Waals surface area contributed by atoms with Crippen LogP contribution < -0.4 is 4.73 Å². The zero-order chi connectivity index (χ0) is 12.7. The normalized spacial score (nSPS) is 11.6. The number of hydrogen-bond acceptors (Lipinski definition) is 4. The first kappa shape index (κ1) is 14.2. The molecule has 0 atom stereocenters. The van der Waals surface area contributed by atoms with E-state index in [1.807, 2.05) is 0 Å². The summed E-state index contributed by atoms with van der Waals surface area (Å²) in [7, 11) is -3.06. The maximum atomic E-state index is 12.1. The highest BCUT2D eigenvalue weighted by Crippen LogP contribution is 2.48. The highest BCUT2D eigenvalue weighted by atomic mass is 31.2. The van der Waals surface area contributed by atoms with Gasteiger partial charge in [-0.1, -0.05) is 6.07 Å². The Morgan fingerprint density at radius 3 is 2.47 bits per heavy atom. The smallest absolute Gasteiger partial charge is 0.331 e. The fraction of sp³-hybridized carbons (Fsp3) is 0.545. The number of pyridine rings is 1. The highest BCUT2D eigenvalue weighted by Gasteiger charge is 2.24. The molecular formula is C11H18NO4P. The Hall–Kier alpha value is -0.900. The Morgan fingerprint density at radius 2 is 1.94 bits per heavy atom. The second-order valence-electron chi connectivity index (χ2n) is 3.44. The SMILES string of the molecule is CCOP(=O)(CCc1cccc[n+]1[O-])OCC. The van der Waals surface area contributed by atoms with E-state index in [1.54, 1.807) is 32.0 Å². The quantitative estimate of drug-likeness (QED) is 0.427. The molecule has 96 valence electrons. The average molecular weight is 259 g/mol. The monoisotopic (exact) mass is 259 g/mol. The van der Waals surface area contributed by atoms with Gasteiger partial charge in [-0.15, -0.1) is 0 Å². The summed E-state index contributed by atoms with van der Waals surface area (Å²) in [6.45, 7) is 4.21. The maximum Gasteiger partial charge on any atom is 0.331 e. The van der Waals surface area contributed by atoms with Gasteiger partial charge in [-0.3, -0.25) is 4.57 Å². The average Bonchev–Trinajstić information content (AvgIpc) is 2.29. The number of aryl methyl sites for hydroxylation is 1. The molecule has 6 heteroatoms. The van der Waals surface area contributed by atoms with E-state index in [9.17, 15) is 9.77 Å². The molecule has 0 N–H and O–H groups in total. The van der Waals surface area contributed by atoms with Gasteiger partial charge in [-0.05, 0) is 13.8 Å². The number of aromatic nitrogens is 1. The van der Waals surface area contributed by atoms with E-state index >= 15 is 0 Å². The van der Waals surface area contributed by atoms with Gasteiger partial charge in [0, 0.05) is 18.6 Å². The largest absolute Gasteiger partial charge is 0.619 e. The summed E-state index contributed by atoms with van der Waals surface area (Å²) in [5, 5.41) is 11.4. The molecule has 0 spiro atoms. The third kappa shape index (κ3) is 4.46. The van der Waals surface area contributed by atoms with Gasteiger partial charge < -0.3 is 14.3 Å². The molecule has 0 radical (unpaired) electrons. The summed E-state index contributed by atoms with van der Waals surface area (Å²) in [6.07, 6.45) is 2.02. The Labute approximate surface area is 101 Å². The standard InChI is InChI=1S/C11H18NO4P/c1-3-15-17(14,16-4-2)10-8-11-7-5-6-9-12(11)13/h5-7,9H,3-4,8,10H2,1-2H3. The van der Waals surface area contributed by atoms with E-state index in [-0.39, 0.29) is 6.16 Å². The third-order valence-electron chi connectivity index (χ3n) is 2.20. The predicted molar refractivity (Wildman–Crippen MR) is 64.8 cm³/mol. The van der Waals surface area contributed by atoms with E-state index < -0.39 is 7.60 Å². The van der Waals surface area contributed by atoms with Gasteiger partial charge in [0.05, 0.1) is 19.4 Å². The first-order valence-electron chi connectivity index (χ1n) is 5.66. The summed E-state index contributed by atoms with van der Waals surface area (Å²) in [6, 6.07) is 5.13. The van der Waals surface area contributed by atoms with Gasteiger partial charge in [0.2, 0.25) is 0 Å². The van der Waals surface area contributed by atoms with E-state index in [2.05, 4.69) is 0 Å². The van der Waals surface area contributed by atoms with Crippen molar-refractivity contribution >= 4 is 7.60 Å². The van der Waals surface area contributed by atoms with Gasteiger partial charge in [-0.2, -0.15) is 4.73 Å². The molecule has 0 aliphatic carbocycles. The van der Waals surface area contributed by atoms with Crippen LogP contribution in [0.5, 0.6) is 0 Å². The Morgan fingerprint density at radius 1 is 1.29 bits per heavy atom. The van der Waals surface area contributed by atoms with Crippen LogP contribution in [0.2, 0.25) is 0 Å². The third-order valence-corrected chi connectivity index (χ3v) is 4.27. The van der Waals surface area contributed by atoms with E-state index in [0.29, 0.717) is 25.3 Å². The molecule has 0 unspecified atom stereocenters. The first-order chi connectivity index (χ1) is 8.11. The van der Waals surface area contributed by atoms with Gasteiger partial charge in [0.25, 0.3) is 0 Å². The Balaban J connectivity index is 2.64. The number of hydrogen-bond donors (Lipinski definition) is 0. The van der Waals surface area contributed by atoms with Crippen LogP contribution in [-0.4, -0.2) is 19.4 Å². The summed E-state index contributed by atoms with van der Waals surface area (Å²) in [4.78, 5) is 0. The molecule has 0 fully saturated rings. The van der Waals surface area contributed by atoms with Crippen molar-refractivity contribution in [2.75, 3.05) is 19.4 Å². The van der Waals surface area contributed by atoms with Crippen molar-refractivity contribution in [3.05, 3.63) is 35.3 Å². The minimum atomic E-state index is -3.06. The molecule has 1 rings (SSSR count). The van der Waals surface area contributed by atoms with Gasteiger partial charge in [0.15, 0.2) is 11.9 Å². The predicted octanol–water partition coefficient (Wildman–Crippen LogP) is 2.13. The van der Waals surface area contributed by atoms with Crippen LogP contribution in [0.4, 0.5) is 0 Å². The Kier molecular flexibility index (Phi) is 5.62. The lowest BCUT2D eigenvalue weighted by atomic mass is 10.3. The molecule has 1 heterocycles. The second-order valence-corrected chi connectivity index (χ2v) is 5.62. The molecule has 0 aromatic carbocycles. The van der Waals surface area contributed by atoms with Crippen molar-refractivity contribution in [2.45, 2.75) is 20.3 Å². The molecule has 5 nitrogen and oxygen atoms in total. The van der Waals surface area contributed by atoms with Crippen LogP contribution in [0, 0.1) is 5.21 Å². The molecule has 0 saturated heterocycles. The van der Waals surface area contributed by atoms with Crippen molar-refractivity contribution in [3.8, 4) is 0 Å². The Bertz CT molecular complexity index is 387. The lowest BCUT2D eigenvalue weighted by Crippen LogP contribution is -2.31. The van der Waals surface area contributed by atoms with Gasteiger partial charge in [-0.25, -0.2) is 0 Å². The fourth-order valence-corrected chi connectivity index (χ4v) is 3.09. The molecule has 1 aromatic heterocycles. The van der Waals surface area contributed by atoms with E-state index in [4.69, 9.17) is 9.05 Å². The zero-order valence-corrected chi connectivity index (χ0v) is 11.1. The molecule has 17 heavy (non-hydrogen) atoms. The van der Waals surface area contributed by atoms with Crippen LogP contribution >= 0.6 is 7.60 Å². The molecule has 0 saturated carbocycles. The van der Waals surface area contributed by atoms with Crippen LogP contribution in [-0.2, 0) is 20.0 Å². The number of nitrogens with zero attached hydrogens (tertiary/aromatic N) is 1. The van der Waals surface area contributed by atoms with Crippen molar-refractivity contribution in [2.24, 2.45) is 0 Å². The molecule has 1 aromatic rings. The summed E-state index contributed by atoms with van der Waals surface area (Å²) >= 11 is 0. The number of rotatable bonds is 7. The van der Waals surface area contributed by atoms with Crippen LogP contribution in [0.15, 0.2) is 24.4 Å². The summed E-state index contributed by atoms with van der Waals surface area (Å²) < 4.78 is 23.2. The van der Waals surface area contributed by atoms with Crippen molar-refractivity contribution in [1.82, 2.24) is 0 Å². The van der Waals surface area contributed by atoms with Crippen molar-refractivity contribution in [1.29, 1.82) is 0 Å². The van der Waals surface area contributed by atoms with Crippen molar-refractivity contribution < 1.29 is 18.3 Å². The van der Waals surface area contributed by atoms with E-state index in [1.165, 1.54) is 6.20 Å². The maximum absolute atomic E-state index is 12.1. The van der Waals surface area contributed by atoms with Gasteiger partial charge in [0.1, 0.15) is 0 Å². The van der Waals surface area contributed by atoms with Crippen molar-refractivity contribution in [3.63, 3.8) is 0 Å².